The molecule has 0 aliphatic heterocycles. The lowest BCUT2D eigenvalue weighted by Crippen LogP contribution is -2.01. The van der Waals surface area contributed by atoms with Gasteiger partial charge in [-0.25, -0.2) is 0 Å². The van der Waals surface area contributed by atoms with Crippen molar-refractivity contribution in [2.45, 2.75) is 57.8 Å². The van der Waals surface area contributed by atoms with Gasteiger partial charge in [0.1, 0.15) is 5.58 Å². The Hall–Kier alpha value is -1.24. The quantitative estimate of drug-likeness (QED) is 0.637. The van der Waals surface area contributed by atoms with Crippen molar-refractivity contribution in [1.82, 2.24) is 0 Å². The first-order chi connectivity index (χ1) is 8.84. The summed E-state index contributed by atoms with van der Waals surface area (Å²) in [5.41, 5.74) is 3.84. The summed E-state index contributed by atoms with van der Waals surface area (Å²) in [4.78, 5) is 0. The van der Waals surface area contributed by atoms with Gasteiger partial charge >= 0.3 is 0 Å². The summed E-state index contributed by atoms with van der Waals surface area (Å²) in [6, 6.07) is 6.53. The zero-order valence-electron chi connectivity index (χ0n) is 11.2. The molecule has 1 aliphatic rings. The molecule has 0 N–H and O–H groups in total. The summed E-state index contributed by atoms with van der Waals surface area (Å²) in [7, 11) is 0. The highest BCUT2D eigenvalue weighted by Gasteiger charge is 2.18. The van der Waals surface area contributed by atoms with E-state index < -0.39 is 0 Å². The van der Waals surface area contributed by atoms with E-state index in [2.05, 4.69) is 25.1 Å². The van der Waals surface area contributed by atoms with Crippen LogP contribution in [-0.4, -0.2) is 0 Å². The van der Waals surface area contributed by atoms with E-state index in [0.29, 0.717) is 5.92 Å². The molecule has 0 amide bonds. The lowest BCUT2D eigenvalue weighted by molar-refractivity contribution is 0.453. The molecule has 0 atom stereocenters. The maximum atomic E-state index is 5.73. The van der Waals surface area contributed by atoms with Gasteiger partial charge in [0.25, 0.3) is 0 Å². The summed E-state index contributed by atoms with van der Waals surface area (Å²) in [6.07, 6.45) is 11.7. The first-order valence-electron chi connectivity index (χ1n) is 7.32. The number of rotatable bonds is 1. The van der Waals surface area contributed by atoms with Gasteiger partial charge in [0.15, 0.2) is 0 Å². The smallest absolute Gasteiger partial charge is 0.134 e. The largest absolute Gasteiger partial charge is 0.464 e. The molecular weight excluding hydrogens is 220 g/mol. The zero-order chi connectivity index (χ0) is 12.4. The standard InChI is InChI=1S/C17H22O/c1-13-9-10-17-15(11-13)16(12-18-17)14-7-5-3-2-4-6-8-14/h9-12,14H,2-8H2,1H3. The molecular formula is C17H22O. The normalized spacial score (nSPS) is 18.7. The maximum Gasteiger partial charge on any atom is 0.134 e. The third-order valence-corrected chi connectivity index (χ3v) is 4.30. The highest BCUT2D eigenvalue weighted by Crippen LogP contribution is 2.36. The van der Waals surface area contributed by atoms with Crippen LogP contribution in [0.2, 0.25) is 0 Å². The first kappa shape index (κ1) is 11.8. The van der Waals surface area contributed by atoms with Gasteiger partial charge < -0.3 is 4.42 Å². The van der Waals surface area contributed by atoms with E-state index in [9.17, 15) is 0 Å². The van der Waals surface area contributed by atoms with Crippen LogP contribution in [0.3, 0.4) is 0 Å². The highest BCUT2D eigenvalue weighted by molar-refractivity contribution is 5.82. The minimum atomic E-state index is 0.716. The van der Waals surface area contributed by atoms with Crippen LogP contribution in [0.5, 0.6) is 0 Å². The molecule has 0 spiro atoms. The topological polar surface area (TPSA) is 13.1 Å². The van der Waals surface area contributed by atoms with Crippen molar-refractivity contribution in [3.63, 3.8) is 0 Å². The van der Waals surface area contributed by atoms with Gasteiger partial charge in [-0.2, -0.15) is 0 Å². The van der Waals surface area contributed by atoms with E-state index >= 15 is 0 Å². The number of aryl methyl sites for hydroxylation is 1. The molecule has 1 aromatic heterocycles. The lowest BCUT2D eigenvalue weighted by atomic mass is 9.86. The lowest BCUT2D eigenvalue weighted by Gasteiger charge is -2.18. The van der Waals surface area contributed by atoms with Gasteiger partial charge in [-0.05, 0) is 37.8 Å². The van der Waals surface area contributed by atoms with Gasteiger partial charge in [0.2, 0.25) is 0 Å². The molecule has 0 bridgehead atoms. The van der Waals surface area contributed by atoms with Crippen molar-refractivity contribution < 1.29 is 4.42 Å². The minimum Gasteiger partial charge on any atom is -0.464 e. The zero-order valence-corrected chi connectivity index (χ0v) is 11.2. The van der Waals surface area contributed by atoms with Crippen LogP contribution in [-0.2, 0) is 0 Å². The molecule has 18 heavy (non-hydrogen) atoms. The maximum absolute atomic E-state index is 5.73. The second kappa shape index (κ2) is 5.17. The average molecular weight is 242 g/mol. The molecule has 96 valence electrons. The van der Waals surface area contributed by atoms with E-state index in [1.165, 1.54) is 61.5 Å². The van der Waals surface area contributed by atoms with Crippen LogP contribution >= 0.6 is 0 Å². The Morgan fingerprint density at radius 1 is 1.00 bits per heavy atom. The second-order valence-electron chi connectivity index (χ2n) is 5.73. The Balaban J connectivity index is 1.94. The Morgan fingerprint density at radius 2 is 1.72 bits per heavy atom. The fourth-order valence-corrected chi connectivity index (χ4v) is 3.25. The molecule has 1 fully saturated rings. The molecule has 0 radical (unpaired) electrons. The summed E-state index contributed by atoms with van der Waals surface area (Å²) in [5, 5.41) is 1.35. The first-order valence-corrected chi connectivity index (χ1v) is 7.32. The fraction of sp³-hybridized carbons (Fsp3) is 0.529. The molecule has 1 aliphatic carbocycles. The SMILES string of the molecule is Cc1ccc2occ(C3CCCCCCC3)c2c1. The molecule has 1 heteroatoms. The van der Waals surface area contributed by atoms with Gasteiger partial charge in [0, 0.05) is 10.9 Å². The van der Waals surface area contributed by atoms with Crippen LogP contribution in [0.15, 0.2) is 28.9 Å². The summed E-state index contributed by atoms with van der Waals surface area (Å²) in [5.74, 6) is 0.716. The summed E-state index contributed by atoms with van der Waals surface area (Å²) < 4.78 is 5.73. The van der Waals surface area contributed by atoms with Crippen molar-refractivity contribution in [2.75, 3.05) is 0 Å². The summed E-state index contributed by atoms with van der Waals surface area (Å²) in [6.45, 7) is 2.16. The molecule has 0 saturated heterocycles. The van der Waals surface area contributed by atoms with Crippen LogP contribution < -0.4 is 0 Å². The van der Waals surface area contributed by atoms with Crippen molar-refractivity contribution in [1.29, 1.82) is 0 Å². The van der Waals surface area contributed by atoms with Crippen molar-refractivity contribution in [2.24, 2.45) is 0 Å². The Labute approximate surface area is 109 Å². The highest BCUT2D eigenvalue weighted by atomic mass is 16.3. The van der Waals surface area contributed by atoms with Gasteiger partial charge in [-0.15, -0.1) is 0 Å². The predicted octanol–water partition coefficient (Wildman–Crippen LogP) is 5.57. The van der Waals surface area contributed by atoms with Crippen molar-refractivity contribution >= 4 is 11.0 Å². The number of fused-ring (bicyclic) bond motifs is 1. The van der Waals surface area contributed by atoms with E-state index in [0.717, 1.165) is 5.58 Å². The van der Waals surface area contributed by atoms with Crippen LogP contribution in [0.1, 0.15) is 62.0 Å². The monoisotopic (exact) mass is 242 g/mol. The third kappa shape index (κ3) is 2.31. The Bertz CT molecular complexity index is 515. The van der Waals surface area contributed by atoms with Crippen molar-refractivity contribution in [3.8, 4) is 0 Å². The number of hydrogen-bond acceptors (Lipinski definition) is 1. The predicted molar refractivity (Wildman–Crippen MR) is 76.0 cm³/mol. The van der Waals surface area contributed by atoms with E-state index in [-0.39, 0.29) is 0 Å². The van der Waals surface area contributed by atoms with E-state index in [4.69, 9.17) is 4.42 Å². The molecule has 2 aromatic rings. The van der Waals surface area contributed by atoms with Gasteiger partial charge in [-0.1, -0.05) is 43.7 Å². The van der Waals surface area contributed by atoms with Crippen LogP contribution in [0.25, 0.3) is 11.0 Å². The van der Waals surface area contributed by atoms with Crippen LogP contribution in [0, 0.1) is 6.92 Å². The molecule has 3 rings (SSSR count). The Morgan fingerprint density at radius 3 is 2.50 bits per heavy atom. The minimum absolute atomic E-state index is 0.716. The molecule has 1 nitrogen and oxygen atoms in total. The fourth-order valence-electron chi connectivity index (χ4n) is 3.25. The summed E-state index contributed by atoms with van der Waals surface area (Å²) >= 11 is 0. The van der Waals surface area contributed by atoms with Gasteiger partial charge in [0.05, 0.1) is 6.26 Å². The molecule has 1 saturated carbocycles. The third-order valence-electron chi connectivity index (χ3n) is 4.30. The van der Waals surface area contributed by atoms with Gasteiger partial charge in [-0.3, -0.25) is 0 Å². The average Bonchev–Trinajstić information content (AvgIpc) is 2.72. The van der Waals surface area contributed by atoms with Crippen LogP contribution in [0.4, 0.5) is 0 Å². The number of hydrogen-bond donors (Lipinski definition) is 0. The van der Waals surface area contributed by atoms with E-state index in [1.54, 1.807) is 0 Å². The van der Waals surface area contributed by atoms with Crippen molar-refractivity contribution in [3.05, 3.63) is 35.6 Å². The Kier molecular flexibility index (Phi) is 3.40. The molecule has 0 unspecified atom stereocenters. The molecule has 1 heterocycles. The molecule has 1 aromatic carbocycles. The second-order valence-corrected chi connectivity index (χ2v) is 5.73. The number of benzene rings is 1. The van der Waals surface area contributed by atoms with E-state index in [1.807, 2.05) is 6.26 Å². The number of furan rings is 1.